The number of fused-ring (bicyclic) bond motifs is 3. The Balaban J connectivity index is 1.99. The average Bonchev–Trinajstić information content (AvgIpc) is 2.95. The maximum atomic E-state index is 11.3. The largest absolute Gasteiger partial charge is 0.543 e. The second-order valence-electron chi connectivity index (χ2n) is 8.66. The van der Waals surface area contributed by atoms with Crippen molar-refractivity contribution < 1.29 is 14.3 Å². The standard InChI is InChI=1S/C21H32N2O3Si/c1-13(2)27(14(3)4,15(5)6)26-16-7-8-19-18(11-16)17-9-10-23(21(24)25)12-20(17)22-19/h7-8,11,13-15,22H,9-10,12H2,1-6H3,(H,24,25). The van der Waals surface area contributed by atoms with Gasteiger partial charge < -0.3 is 19.4 Å². The number of hydrogen-bond acceptors (Lipinski definition) is 2. The van der Waals surface area contributed by atoms with Crippen LogP contribution in [0.2, 0.25) is 16.6 Å². The van der Waals surface area contributed by atoms with Gasteiger partial charge in [0, 0.05) is 23.1 Å². The summed E-state index contributed by atoms with van der Waals surface area (Å²) in [5, 5.41) is 10.4. The molecule has 3 rings (SSSR count). The SMILES string of the molecule is CC(C)[Si](Oc1ccc2[nH]c3c(c2c1)CCN(C(=O)O)C3)(C(C)C)C(C)C. The highest BCUT2D eigenvalue weighted by atomic mass is 28.4. The Hall–Kier alpha value is -1.95. The first kappa shape index (κ1) is 19.8. The van der Waals surface area contributed by atoms with Gasteiger partial charge in [0.1, 0.15) is 5.75 Å². The summed E-state index contributed by atoms with van der Waals surface area (Å²) in [5.74, 6) is 0.952. The average molecular weight is 389 g/mol. The van der Waals surface area contributed by atoms with E-state index in [0.717, 1.165) is 23.4 Å². The van der Waals surface area contributed by atoms with Crippen LogP contribution in [-0.2, 0) is 13.0 Å². The molecule has 0 aliphatic carbocycles. The molecule has 6 heteroatoms. The van der Waals surface area contributed by atoms with Crippen LogP contribution in [0.15, 0.2) is 18.2 Å². The Morgan fingerprint density at radius 2 is 1.78 bits per heavy atom. The molecule has 1 aliphatic rings. The highest BCUT2D eigenvalue weighted by Gasteiger charge is 2.47. The summed E-state index contributed by atoms with van der Waals surface area (Å²) < 4.78 is 6.83. The molecule has 0 saturated carbocycles. The van der Waals surface area contributed by atoms with Crippen molar-refractivity contribution in [2.75, 3.05) is 6.54 Å². The third-order valence-electron chi connectivity index (χ3n) is 6.22. The fourth-order valence-electron chi connectivity index (χ4n) is 5.00. The van der Waals surface area contributed by atoms with Gasteiger partial charge in [0.25, 0.3) is 8.32 Å². The summed E-state index contributed by atoms with van der Waals surface area (Å²) in [6.07, 6.45) is -0.114. The van der Waals surface area contributed by atoms with Crippen molar-refractivity contribution in [3.8, 4) is 5.75 Å². The zero-order valence-corrected chi connectivity index (χ0v) is 18.3. The number of carboxylic acid groups (broad SMARTS) is 1. The van der Waals surface area contributed by atoms with Gasteiger partial charge in [0.15, 0.2) is 0 Å². The van der Waals surface area contributed by atoms with Crippen molar-refractivity contribution in [1.29, 1.82) is 0 Å². The van der Waals surface area contributed by atoms with Crippen molar-refractivity contribution in [3.63, 3.8) is 0 Å². The number of aromatic amines is 1. The first-order valence-electron chi connectivity index (χ1n) is 9.97. The lowest BCUT2D eigenvalue weighted by Crippen LogP contribution is -2.50. The fourth-order valence-corrected chi connectivity index (χ4v) is 10.2. The van der Waals surface area contributed by atoms with E-state index in [2.05, 4.69) is 64.7 Å². The molecule has 0 saturated heterocycles. The molecule has 0 bridgehead atoms. The Morgan fingerprint density at radius 1 is 1.15 bits per heavy atom. The van der Waals surface area contributed by atoms with Crippen LogP contribution in [0.1, 0.15) is 52.8 Å². The van der Waals surface area contributed by atoms with E-state index in [1.807, 2.05) is 0 Å². The molecule has 1 aromatic heterocycles. The van der Waals surface area contributed by atoms with Gasteiger partial charge in [-0.15, -0.1) is 0 Å². The molecule has 1 amide bonds. The second kappa shape index (κ2) is 7.22. The number of H-pyrrole nitrogens is 1. The fraction of sp³-hybridized carbons (Fsp3) is 0.571. The van der Waals surface area contributed by atoms with Gasteiger partial charge >= 0.3 is 6.09 Å². The predicted molar refractivity (Wildman–Crippen MR) is 112 cm³/mol. The quantitative estimate of drug-likeness (QED) is 0.640. The molecule has 0 spiro atoms. The number of amides is 1. The molecule has 0 atom stereocenters. The third kappa shape index (κ3) is 3.35. The summed E-state index contributed by atoms with van der Waals surface area (Å²) in [4.78, 5) is 16.1. The van der Waals surface area contributed by atoms with E-state index in [4.69, 9.17) is 4.43 Å². The van der Waals surface area contributed by atoms with Gasteiger partial charge in [-0.05, 0) is 46.8 Å². The zero-order chi connectivity index (χ0) is 19.9. The molecule has 2 N–H and O–H groups in total. The number of nitrogens with one attached hydrogen (secondary N) is 1. The molecule has 2 heterocycles. The predicted octanol–water partition coefficient (Wildman–Crippen LogP) is 5.76. The minimum Gasteiger partial charge on any atom is -0.543 e. The molecular formula is C21H32N2O3Si. The lowest BCUT2D eigenvalue weighted by molar-refractivity contribution is 0.139. The van der Waals surface area contributed by atoms with E-state index < -0.39 is 14.4 Å². The van der Waals surface area contributed by atoms with Crippen molar-refractivity contribution >= 4 is 25.3 Å². The van der Waals surface area contributed by atoms with Gasteiger partial charge in [-0.1, -0.05) is 41.5 Å². The first-order valence-corrected chi connectivity index (χ1v) is 12.1. The number of hydrogen-bond donors (Lipinski definition) is 2. The molecule has 1 aromatic carbocycles. The van der Waals surface area contributed by atoms with Crippen LogP contribution in [-0.4, -0.2) is 35.9 Å². The molecule has 0 fully saturated rings. The number of benzene rings is 1. The van der Waals surface area contributed by atoms with Crippen molar-refractivity contribution in [2.24, 2.45) is 0 Å². The topological polar surface area (TPSA) is 65.6 Å². The smallest absolute Gasteiger partial charge is 0.407 e. The van der Waals surface area contributed by atoms with Gasteiger partial charge in [-0.3, -0.25) is 0 Å². The van der Waals surface area contributed by atoms with Gasteiger partial charge in [-0.25, -0.2) is 4.79 Å². The minimum absolute atomic E-state index is 0.429. The molecule has 0 unspecified atom stereocenters. The van der Waals surface area contributed by atoms with E-state index >= 15 is 0 Å². The Kier molecular flexibility index (Phi) is 5.30. The van der Waals surface area contributed by atoms with Gasteiger partial charge in [-0.2, -0.15) is 0 Å². The minimum atomic E-state index is -1.99. The highest BCUT2D eigenvalue weighted by Crippen LogP contribution is 2.43. The Bertz CT molecular complexity index is 820. The second-order valence-corrected chi connectivity index (χ2v) is 14.0. The Morgan fingerprint density at radius 3 is 2.33 bits per heavy atom. The molecule has 5 nitrogen and oxygen atoms in total. The van der Waals surface area contributed by atoms with Gasteiger partial charge in [0.05, 0.1) is 6.54 Å². The monoisotopic (exact) mass is 388 g/mol. The maximum Gasteiger partial charge on any atom is 0.407 e. The Labute approximate surface area is 162 Å². The summed E-state index contributed by atoms with van der Waals surface area (Å²) in [6.45, 7) is 14.7. The van der Waals surface area contributed by atoms with Crippen LogP contribution in [0.5, 0.6) is 5.75 Å². The van der Waals surface area contributed by atoms with Crippen molar-refractivity contribution in [2.45, 2.75) is 71.1 Å². The molecule has 0 radical (unpaired) electrons. The van der Waals surface area contributed by atoms with E-state index in [-0.39, 0.29) is 0 Å². The summed E-state index contributed by atoms with van der Waals surface area (Å²) in [6, 6.07) is 6.30. The van der Waals surface area contributed by atoms with E-state index in [1.165, 1.54) is 15.8 Å². The molecule has 1 aliphatic heterocycles. The van der Waals surface area contributed by atoms with Crippen LogP contribution in [0, 0.1) is 0 Å². The van der Waals surface area contributed by atoms with E-state index in [0.29, 0.717) is 29.7 Å². The zero-order valence-electron chi connectivity index (χ0n) is 17.3. The maximum absolute atomic E-state index is 11.3. The highest BCUT2D eigenvalue weighted by molar-refractivity contribution is 6.78. The van der Waals surface area contributed by atoms with Crippen LogP contribution >= 0.6 is 0 Å². The van der Waals surface area contributed by atoms with Crippen LogP contribution in [0.3, 0.4) is 0 Å². The first-order chi connectivity index (χ1) is 12.7. The molecule has 148 valence electrons. The van der Waals surface area contributed by atoms with E-state index in [1.54, 1.807) is 0 Å². The van der Waals surface area contributed by atoms with Crippen LogP contribution in [0.4, 0.5) is 4.79 Å². The van der Waals surface area contributed by atoms with Crippen LogP contribution in [0.25, 0.3) is 10.9 Å². The molecule has 2 aromatic rings. The number of rotatable bonds is 5. The van der Waals surface area contributed by atoms with Gasteiger partial charge in [0.2, 0.25) is 0 Å². The number of nitrogens with zero attached hydrogens (tertiary/aromatic N) is 1. The van der Waals surface area contributed by atoms with Crippen LogP contribution < -0.4 is 4.43 Å². The summed E-state index contributed by atoms with van der Waals surface area (Å²) in [5.41, 5.74) is 4.88. The summed E-state index contributed by atoms with van der Waals surface area (Å²) >= 11 is 0. The van der Waals surface area contributed by atoms with E-state index in [9.17, 15) is 9.90 Å². The third-order valence-corrected chi connectivity index (χ3v) is 12.2. The van der Waals surface area contributed by atoms with Crippen molar-refractivity contribution in [3.05, 3.63) is 29.5 Å². The lowest BCUT2D eigenvalue weighted by atomic mass is 10.0. The normalized spacial score (nSPS) is 15.1. The molecular weight excluding hydrogens is 356 g/mol. The lowest BCUT2D eigenvalue weighted by Gasteiger charge is -2.42. The molecule has 27 heavy (non-hydrogen) atoms. The number of carbonyl (C=O) groups is 1. The van der Waals surface area contributed by atoms with Crippen molar-refractivity contribution in [1.82, 2.24) is 9.88 Å². The summed E-state index contributed by atoms with van der Waals surface area (Å²) in [7, 11) is -1.99. The number of aromatic nitrogens is 1.